The van der Waals surface area contributed by atoms with Gasteiger partial charge in [-0.3, -0.25) is 0 Å². The number of benzene rings is 2. The van der Waals surface area contributed by atoms with Gasteiger partial charge < -0.3 is 5.32 Å². The quantitative estimate of drug-likeness (QED) is 0.829. The Balaban J connectivity index is 2.33. The third kappa shape index (κ3) is 3.95. The molecule has 0 aliphatic heterocycles. The Morgan fingerprint density at radius 2 is 1.43 bits per heavy atom. The van der Waals surface area contributed by atoms with Crippen LogP contribution >= 0.6 is 0 Å². The van der Waals surface area contributed by atoms with Gasteiger partial charge >= 0.3 is 0 Å². The summed E-state index contributed by atoms with van der Waals surface area (Å²) < 4.78 is 0. The largest absolute Gasteiger partial charge is 0.310 e. The zero-order valence-corrected chi connectivity index (χ0v) is 14.0. The first kappa shape index (κ1) is 15.8. The molecule has 0 heterocycles. The predicted molar refractivity (Wildman–Crippen MR) is 92.0 cm³/mol. The Morgan fingerprint density at radius 3 is 1.95 bits per heavy atom. The van der Waals surface area contributed by atoms with Crippen LogP contribution in [-0.2, 0) is 6.42 Å². The topological polar surface area (TPSA) is 12.0 Å². The van der Waals surface area contributed by atoms with Crippen molar-refractivity contribution in [1.29, 1.82) is 0 Å². The van der Waals surface area contributed by atoms with Crippen molar-refractivity contribution in [2.45, 2.75) is 47.1 Å². The van der Waals surface area contributed by atoms with Crippen LogP contribution in [0.25, 0.3) is 0 Å². The molecule has 1 nitrogen and oxygen atoms in total. The second-order valence-electron chi connectivity index (χ2n) is 6.11. The van der Waals surface area contributed by atoms with E-state index in [4.69, 9.17) is 0 Å². The molecule has 1 N–H and O–H groups in total. The molecule has 0 amide bonds. The molecule has 2 rings (SSSR count). The molecule has 0 spiro atoms. The summed E-state index contributed by atoms with van der Waals surface area (Å²) in [4.78, 5) is 0. The van der Waals surface area contributed by atoms with Crippen LogP contribution in [0.3, 0.4) is 0 Å². The van der Waals surface area contributed by atoms with Gasteiger partial charge in [0.2, 0.25) is 0 Å². The minimum Gasteiger partial charge on any atom is -0.310 e. The lowest BCUT2D eigenvalue weighted by molar-refractivity contribution is 0.544. The van der Waals surface area contributed by atoms with Crippen LogP contribution in [0.5, 0.6) is 0 Å². The fourth-order valence-corrected chi connectivity index (χ4v) is 3.22. The van der Waals surface area contributed by atoms with E-state index in [0.717, 1.165) is 13.0 Å². The summed E-state index contributed by atoms with van der Waals surface area (Å²) in [5.41, 5.74) is 8.31. The third-order valence-electron chi connectivity index (χ3n) is 4.10. The van der Waals surface area contributed by atoms with Gasteiger partial charge in [-0.1, -0.05) is 54.4 Å². The van der Waals surface area contributed by atoms with Gasteiger partial charge in [-0.15, -0.1) is 0 Å². The maximum atomic E-state index is 3.66. The van der Waals surface area contributed by atoms with Crippen LogP contribution in [0, 0.1) is 27.7 Å². The van der Waals surface area contributed by atoms with E-state index in [1.165, 1.54) is 33.4 Å². The first-order valence-electron chi connectivity index (χ1n) is 7.88. The average molecular weight is 281 g/mol. The van der Waals surface area contributed by atoms with E-state index in [1.54, 1.807) is 0 Å². The van der Waals surface area contributed by atoms with Crippen molar-refractivity contribution >= 4 is 0 Å². The zero-order valence-electron chi connectivity index (χ0n) is 14.0. The van der Waals surface area contributed by atoms with Crippen LogP contribution in [0.15, 0.2) is 36.4 Å². The van der Waals surface area contributed by atoms with E-state index >= 15 is 0 Å². The molecule has 0 aliphatic rings. The highest BCUT2D eigenvalue weighted by atomic mass is 14.9. The third-order valence-corrected chi connectivity index (χ3v) is 4.10. The molecule has 112 valence electrons. The molecule has 1 unspecified atom stereocenters. The number of hydrogen-bond donors (Lipinski definition) is 1. The van der Waals surface area contributed by atoms with Crippen molar-refractivity contribution in [3.05, 3.63) is 69.8 Å². The minimum atomic E-state index is 0.387. The highest BCUT2D eigenvalue weighted by Gasteiger charge is 2.16. The lowest BCUT2D eigenvalue weighted by Crippen LogP contribution is -2.24. The van der Waals surface area contributed by atoms with Crippen LogP contribution in [-0.4, -0.2) is 6.54 Å². The molecule has 0 radical (unpaired) electrons. The van der Waals surface area contributed by atoms with Crippen molar-refractivity contribution < 1.29 is 0 Å². The molecule has 0 saturated carbocycles. The molecule has 1 atom stereocenters. The van der Waals surface area contributed by atoms with Crippen molar-refractivity contribution in [3.63, 3.8) is 0 Å². The smallest absolute Gasteiger partial charge is 0.0366 e. The van der Waals surface area contributed by atoms with E-state index in [0.29, 0.717) is 6.04 Å². The maximum Gasteiger partial charge on any atom is 0.0366 e. The monoisotopic (exact) mass is 281 g/mol. The van der Waals surface area contributed by atoms with Crippen LogP contribution < -0.4 is 5.32 Å². The second-order valence-corrected chi connectivity index (χ2v) is 6.11. The fraction of sp³-hybridized carbons (Fsp3) is 0.400. The van der Waals surface area contributed by atoms with Crippen molar-refractivity contribution in [3.8, 4) is 0 Å². The van der Waals surface area contributed by atoms with Crippen LogP contribution in [0.1, 0.15) is 46.3 Å². The second kappa shape index (κ2) is 6.91. The summed E-state index contributed by atoms with van der Waals surface area (Å²) in [5.74, 6) is 0. The fourth-order valence-electron chi connectivity index (χ4n) is 3.22. The van der Waals surface area contributed by atoms with Crippen LogP contribution in [0.4, 0.5) is 0 Å². The minimum absolute atomic E-state index is 0.387. The van der Waals surface area contributed by atoms with E-state index in [1.807, 2.05) is 0 Å². The molecule has 0 bridgehead atoms. The Bertz CT molecular complexity index is 573. The molecular formula is C20H27N. The lowest BCUT2D eigenvalue weighted by atomic mass is 9.90. The molecule has 2 aromatic carbocycles. The molecule has 21 heavy (non-hydrogen) atoms. The molecular weight excluding hydrogens is 254 g/mol. The maximum absolute atomic E-state index is 3.66. The van der Waals surface area contributed by atoms with E-state index in [-0.39, 0.29) is 0 Å². The van der Waals surface area contributed by atoms with E-state index in [2.05, 4.69) is 76.3 Å². The normalized spacial score (nSPS) is 12.4. The molecule has 0 saturated heterocycles. The van der Waals surface area contributed by atoms with Gasteiger partial charge in [0, 0.05) is 6.04 Å². The molecule has 2 aromatic rings. The summed E-state index contributed by atoms with van der Waals surface area (Å²) in [6.07, 6.45) is 1.04. The number of hydrogen-bond acceptors (Lipinski definition) is 1. The van der Waals surface area contributed by atoms with Gasteiger partial charge in [0.05, 0.1) is 0 Å². The van der Waals surface area contributed by atoms with Gasteiger partial charge in [0.25, 0.3) is 0 Å². The molecule has 0 fully saturated rings. The van der Waals surface area contributed by atoms with Gasteiger partial charge in [0.15, 0.2) is 0 Å². The Kier molecular flexibility index (Phi) is 5.19. The first-order chi connectivity index (χ1) is 10.0. The molecule has 0 aliphatic carbocycles. The van der Waals surface area contributed by atoms with Gasteiger partial charge in [-0.25, -0.2) is 0 Å². The summed E-state index contributed by atoms with van der Waals surface area (Å²) in [6.45, 7) is 11.9. The highest BCUT2D eigenvalue weighted by molar-refractivity contribution is 5.40. The van der Waals surface area contributed by atoms with Crippen molar-refractivity contribution in [2.24, 2.45) is 0 Å². The first-order valence-corrected chi connectivity index (χ1v) is 7.88. The average Bonchev–Trinajstić information content (AvgIpc) is 2.40. The summed E-state index contributed by atoms with van der Waals surface area (Å²) in [7, 11) is 0. The zero-order chi connectivity index (χ0) is 15.4. The number of aryl methyl sites for hydroxylation is 4. The summed E-state index contributed by atoms with van der Waals surface area (Å²) in [6, 6.07) is 13.9. The van der Waals surface area contributed by atoms with Crippen molar-refractivity contribution in [2.75, 3.05) is 6.54 Å². The number of likely N-dealkylation sites (N-methyl/N-ethyl adjacent to an activating group) is 1. The highest BCUT2D eigenvalue weighted by Crippen LogP contribution is 2.26. The number of nitrogens with one attached hydrogen (secondary N) is 1. The predicted octanol–water partition coefficient (Wildman–Crippen LogP) is 4.81. The summed E-state index contributed by atoms with van der Waals surface area (Å²) in [5, 5.41) is 3.66. The molecule has 1 heteroatoms. The molecule has 0 aromatic heterocycles. The SMILES string of the molecule is CCNC(Cc1ccc(C)cc1)c1c(C)cc(C)cc1C. The van der Waals surface area contributed by atoms with E-state index < -0.39 is 0 Å². The van der Waals surface area contributed by atoms with Gasteiger partial charge in [-0.2, -0.15) is 0 Å². The van der Waals surface area contributed by atoms with Gasteiger partial charge in [-0.05, 0) is 62.9 Å². The van der Waals surface area contributed by atoms with E-state index in [9.17, 15) is 0 Å². The van der Waals surface area contributed by atoms with Crippen LogP contribution in [0.2, 0.25) is 0 Å². The lowest BCUT2D eigenvalue weighted by Gasteiger charge is -2.23. The summed E-state index contributed by atoms with van der Waals surface area (Å²) >= 11 is 0. The van der Waals surface area contributed by atoms with Gasteiger partial charge in [0.1, 0.15) is 0 Å². The van der Waals surface area contributed by atoms with Crippen molar-refractivity contribution in [1.82, 2.24) is 5.32 Å². The Morgan fingerprint density at radius 1 is 0.857 bits per heavy atom. The Labute approximate surface area is 129 Å². The number of rotatable bonds is 5. The standard InChI is InChI=1S/C20H27N/c1-6-21-19(13-18-9-7-14(2)8-10-18)20-16(4)11-15(3)12-17(20)5/h7-12,19,21H,6,13H2,1-5H3. The Hall–Kier alpha value is -1.60.